The molecular formula is C7H15NO6S. The summed E-state index contributed by atoms with van der Waals surface area (Å²) in [5.74, 6) is -0.428. The highest BCUT2D eigenvalue weighted by molar-refractivity contribution is 7.79. The Labute approximate surface area is 88.5 Å². The minimum Gasteiger partial charge on any atom is -0.461 e. The van der Waals surface area contributed by atoms with Crippen molar-refractivity contribution in [2.45, 2.75) is 20.8 Å². The fourth-order valence-electron chi connectivity index (χ4n) is 0.413. The van der Waals surface area contributed by atoms with Crippen LogP contribution in [0.2, 0.25) is 0 Å². The van der Waals surface area contributed by atoms with Crippen LogP contribution in [0.4, 0.5) is 0 Å². The van der Waals surface area contributed by atoms with Crippen molar-refractivity contribution in [3.63, 3.8) is 0 Å². The van der Waals surface area contributed by atoms with Crippen molar-refractivity contribution in [1.82, 2.24) is 0 Å². The van der Waals surface area contributed by atoms with E-state index in [1.54, 1.807) is 20.8 Å². The van der Waals surface area contributed by atoms with Crippen molar-refractivity contribution in [3.8, 4) is 0 Å². The number of rotatable bonds is 2. The monoisotopic (exact) mass is 241 g/mol. The van der Waals surface area contributed by atoms with Crippen molar-refractivity contribution in [1.29, 1.82) is 0 Å². The second-order valence-corrected chi connectivity index (χ2v) is 3.48. The molecule has 0 rings (SSSR count). The summed E-state index contributed by atoms with van der Waals surface area (Å²) < 4.78 is 36.2. The van der Waals surface area contributed by atoms with Gasteiger partial charge in [-0.3, -0.25) is 9.11 Å². The van der Waals surface area contributed by atoms with Crippen molar-refractivity contribution in [2.75, 3.05) is 6.61 Å². The van der Waals surface area contributed by atoms with Gasteiger partial charge in [-0.1, -0.05) is 0 Å². The summed E-state index contributed by atoms with van der Waals surface area (Å²) in [4.78, 5) is 10.8. The first kappa shape index (κ1) is 16.3. The maximum absolute atomic E-state index is 10.8. The highest BCUT2D eigenvalue weighted by atomic mass is 32.3. The molecule has 0 amide bonds. The van der Waals surface area contributed by atoms with Gasteiger partial charge in [-0.2, -0.15) is 8.42 Å². The van der Waals surface area contributed by atoms with Gasteiger partial charge >= 0.3 is 16.4 Å². The molecule has 90 valence electrons. The second kappa shape index (κ2) is 7.21. The zero-order valence-electron chi connectivity index (χ0n) is 8.72. The first-order valence-electron chi connectivity index (χ1n) is 3.89. The van der Waals surface area contributed by atoms with Gasteiger partial charge in [-0.15, -0.1) is 0 Å². The third-order valence-corrected chi connectivity index (χ3v) is 1.03. The summed E-state index contributed by atoms with van der Waals surface area (Å²) in [6.07, 6.45) is 0. The van der Waals surface area contributed by atoms with Crippen LogP contribution >= 0.6 is 0 Å². The SMILES string of the molecule is CCOC(=O)C(N)=C(C)C.O=S(=O)(O)O. The maximum Gasteiger partial charge on any atom is 0.394 e. The number of allylic oxidation sites excluding steroid dienone is 1. The van der Waals surface area contributed by atoms with Crippen molar-refractivity contribution in [2.24, 2.45) is 5.73 Å². The van der Waals surface area contributed by atoms with E-state index in [1.165, 1.54) is 0 Å². The van der Waals surface area contributed by atoms with Gasteiger partial charge in [0.25, 0.3) is 0 Å². The third kappa shape index (κ3) is 15.6. The molecule has 0 spiro atoms. The van der Waals surface area contributed by atoms with E-state index in [9.17, 15) is 4.79 Å². The van der Waals surface area contributed by atoms with Gasteiger partial charge in [0, 0.05) is 0 Å². The number of hydrogen-bond acceptors (Lipinski definition) is 5. The summed E-state index contributed by atoms with van der Waals surface area (Å²) in [7, 11) is -4.67. The predicted octanol–water partition coefficient (Wildman–Crippen LogP) is 0.149. The Kier molecular flexibility index (Phi) is 7.84. The Morgan fingerprint density at radius 1 is 1.33 bits per heavy atom. The highest BCUT2D eigenvalue weighted by Gasteiger charge is 2.05. The summed E-state index contributed by atoms with van der Waals surface area (Å²) in [5.41, 5.74) is 6.35. The second-order valence-electron chi connectivity index (χ2n) is 2.58. The predicted molar refractivity (Wildman–Crippen MR) is 53.4 cm³/mol. The lowest BCUT2D eigenvalue weighted by molar-refractivity contribution is -0.138. The Morgan fingerprint density at radius 2 is 1.67 bits per heavy atom. The molecule has 0 atom stereocenters. The molecule has 15 heavy (non-hydrogen) atoms. The van der Waals surface area contributed by atoms with E-state index in [1.807, 2.05) is 0 Å². The van der Waals surface area contributed by atoms with E-state index in [0.717, 1.165) is 5.57 Å². The van der Waals surface area contributed by atoms with Crippen LogP contribution in [-0.4, -0.2) is 30.1 Å². The smallest absolute Gasteiger partial charge is 0.394 e. The number of carbonyl (C=O) groups is 1. The van der Waals surface area contributed by atoms with Crippen molar-refractivity contribution in [3.05, 3.63) is 11.3 Å². The van der Waals surface area contributed by atoms with E-state index in [-0.39, 0.29) is 5.70 Å². The van der Waals surface area contributed by atoms with E-state index in [4.69, 9.17) is 23.3 Å². The van der Waals surface area contributed by atoms with Gasteiger partial charge in [0.1, 0.15) is 5.70 Å². The molecule has 0 saturated carbocycles. The standard InChI is InChI=1S/C7H13NO2.H2O4S/c1-4-10-7(9)6(8)5(2)3;1-5(2,3)4/h4,8H2,1-3H3;(H2,1,2,3,4). The van der Waals surface area contributed by atoms with Crippen LogP contribution in [0.25, 0.3) is 0 Å². The van der Waals surface area contributed by atoms with Gasteiger partial charge in [-0.25, -0.2) is 4.79 Å². The first-order chi connectivity index (χ1) is 6.59. The van der Waals surface area contributed by atoms with E-state index in [0.29, 0.717) is 6.61 Å². The molecule has 0 aromatic carbocycles. The van der Waals surface area contributed by atoms with Crippen molar-refractivity contribution >= 4 is 16.4 Å². The molecule has 0 saturated heterocycles. The molecule has 0 aromatic rings. The molecule has 8 heteroatoms. The maximum atomic E-state index is 10.8. The lowest BCUT2D eigenvalue weighted by Crippen LogP contribution is -2.15. The van der Waals surface area contributed by atoms with Gasteiger partial charge < -0.3 is 10.5 Å². The molecule has 0 fully saturated rings. The van der Waals surface area contributed by atoms with Crippen LogP contribution < -0.4 is 5.73 Å². The molecule has 0 aliphatic heterocycles. The fourth-order valence-corrected chi connectivity index (χ4v) is 0.413. The minimum absolute atomic E-state index is 0.210. The van der Waals surface area contributed by atoms with Crippen LogP contribution in [0.5, 0.6) is 0 Å². The first-order valence-corrected chi connectivity index (χ1v) is 5.29. The molecule has 0 aromatic heterocycles. The average molecular weight is 241 g/mol. The average Bonchev–Trinajstić information content (AvgIpc) is 2.00. The van der Waals surface area contributed by atoms with Crippen molar-refractivity contribution < 1.29 is 27.1 Å². The third-order valence-electron chi connectivity index (χ3n) is 1.03. The lowest BCUT2D eigenvalue weighted by Gasteiger charge is -2.01. The van der Waals surface area contributed by atoms with Gasteiger partial charge in [-0.05, 0) is 26.3 Å². The number of hydrogen-bond donors (Lipinski definition) is 3. The Bertz CT molecular complexity index is 319. The number of carbonyl (C=O) groups excluding carboxylic acids is 1. The molecule has 0 unspecified atom stereocenters. The van der Waals surface area contributed by atoms with Crippen LogP contribution in [0, 0.1) is 0 Å². The Hall–Kier alpha value is -1.12. The topological polar surface area (TPSA) is 127 Å². The molecule has 0 aliphatic carbocycles. The highest BCUT2D eigenvalue weighted by Crippen LogP contribution is 1.97. The van der Waals surface area contributed by atoms with Gasteiger partial charge in [0.05, 0.1) is 6.61 Å². The largest absolute Gasteiger partial charge is 0.461 e. The summed E-state index contributed by atoms with van der Waals surface area (Å²) >= 11 is 0. The Balaban J connectivity index is 0. The molecule has 0 bridgehead atoms. The quantitative estimate of drug-likeness (QED) is 0.356. The minimum atomic E-state index is -4.67. The van der Waals surface area contributed by atoms with Crippen LogP contribution in [0.1, 0.15) is 20.8 Å². The molecule has 0 radical (unpaired) electrons. The molecule has 7 nitrogen and oxygen atoms in total. The van der Waals surface area contributed by atoms with Crippen LogP contribution in [0.3, 0.4) is 0 Å². The van der Waals surface area contributed by atoms with E-state index >= 15 is 0 Å². The summed E-state index contributed by atoms with van der Waals surface area (Å²) in [6.45, 7) is 5.65. The zero-order valence-corrected chi connectivity index (χ0v) is 9.54. The van der Waals surface area contributed by atoms with Crippen LogP contribution in [-0.2, 0) is 19.9 Å². The van der Waals surface area contributed by atoms with Crippen LogP contribution in [0.15, 0.2) is 11.3 Å². The lowest BCUT2D eigenvalue weighted by atomic mass is 10.3. The number of nitrogens with two attached hydrogens (primary N) is 1. The fraction of sp³-hybridized carbons (Fsp3) is 0.571. The van der Waals surface area contributed by atoms with Gasteiger partial charge in [0.15, 0.2) is 0 Å². The van der Waals surface area contributed by atoms with E-state index in [2.05, 4.69) is 4.74 Å². The Morgan fingerprint density at radius 3 is 1.87 bits per heavy atom. The number of ether oxygens (including phenoxy) is 1. The molecular weight excluding hydrogens is 226 g/mol. The van der Waals surface area contributed by atoms with Gasteiger partial charge in [0.2, 0.25) is 0 Å². The molecule has 4 N–H and O–H groups in total. The van der Waals surface area contributed by atoms with E-state index < -0.39 is 16.4 Å². The normalized spacial score (nSPS) is 9.67. The summed E-state index contributed by atoms with van der Waals surface area (Å²) in [6, 6.07) is 0. The molecule has 0 aliphatic rings. The number of esters is 1. The zero-order chi connectivity index (χ0) is 12.6. The summed E-state index contributed by atoms with van der Waals surface area (Å²) in [5, 5.41) is 0. The molecule has 0 heterocycles.